The zero-order valence-electron chi connectivity index (χ0n) is 10.0. The van der Waals surface area contributed by atoms with Crippen LogP contribution in [0.5, 0.6) is 0 Å². The molecular weight excluding hydrogens is 397 g/mol. The lowest BCUT2D eigenvalue weighted by molar-refractivity contribution is 1.21. The number of rotatable bonds is 2. The van der Waals surface area contributed by atoms with Crippen LogP contribution in [0.2, 0.25) is 30.3 Å². The van der Waals surface area contributed by atoms with Gasteiger partial charge in [0.05, 0.1) is 37.6 Å². The number of nitriles is 1. The molecule has 1 aromatic carbocycles. The number of nitrogens with zero attached hydrogens (tertiary/aromatic N) is 2. The van der Waals surface area contributed by atoms with Crippen molar-refractivity contribution in [2.24, 2.45) is 0 Å². The van der Waals surface area contributed by atoms with Crippen molar-refractivity contribution >= 4 is 69.6 Å². The van der Waals surface area contributed by atoms with Gasteiger partial charge in [-0.1, -0.05) is 69.6 Å². The fourth-order valence-corrected chi connectivity index (χ4v) is 3.29. The van der Waals surface area contributed by atoms with Gasteiger partial charge in [-0.3, -0.25) is 0 Å². The van der Waals surface area contributed by atoms with Crippen molar-refractivity contribution in [3.63, 3.8) is 0 Å². The molecule has 0 N–H and O–H groups in total. The molecule has 8 heteroatoms. The maximum atomic E-state index is 8.92. The minimum atomic E-state index is 0.0702. The van der Waals surface area contributed by atoms with Crippen molar-refractivity contribution in [2.75, 3.05) is 0 Å². The third-order valence-electron chi connectivity index (χ3n) is 2.70. The van der Waals surface area contributed by atoms with Crippen molar-refractivity contribution in [3.05, 3.63) is 48.1 Å². The minimum Gasteiger partial charge on any atom is -0.244 e. The highest BCUT2D eigenvalue weighted by Crippen LogP contribution is 2.48. The van der Waals surface area contributed by atoms with Crippen LogP contribution in [0.3, 0.4) is 0 Å². The van der Waals surface area contributed by atoms with E-state index in [0.717, 1.165) is 0 Å². The summed E-state index contributed by atoms with van der Waals surface area (Å²) in [6.07, 6.45) is 1.56. The minimum absolute atomic E-state index is 0.0702. The highest BCUT2D eigenvalue weighted by Gasteiger charge is 2.22. The molecule has 1 aromatic heterocycles. The molecular formula is C13H4Cl6N2. The molecule has 21 heavy (non-hydrogen) atoms. The smallest absolute Gasteiger partial charge is 0.129 e. The predicted octanol–water partition coefficient (Wildman–Crippen LogP) is 6.74. The standard InChI is InChI=1S/C13H4Cl6N2/c14-7-3-5(1-2-20)6(4-21-7)8-9(15)11(17)13(19)12(18)10(8)16/h3-4H,1H2. The maximum Gasteiger partial charge on any atom is 0.129 e. The second-order valence-electron chi connectivity index (χ2n) is 3.94. The summed E-state index contributed by atoms with van der Waals surface area (Å²) in [5, 5.41) is 9.69. The number of hydrogen-bond donors (Lipinski definition) is 0. The summed E-state index contributed by atoms with van der Waals surface area (Å²) in [5.41, 5.74) is 1.50. The van der Waals surface area contributed by atoms with E-state index < -0.39 is 0 Å². The average molecular weight is 401 g/mol. The van der Waals surface area contributed by atoms with E-state index in [1.807, 2.05) is 6.07 Å². The molecule has 2 nitrogen and oxygen atoms in total. The molecule has 0 saturated heterocycles. The lowest BCUT2D eigenvalue weighted by Gasteiger charge is -2.14. The number of pyridine rings is 1. The highest BCUT2D eigenvalue weighted by atomic mass is 35.5. The normalized spacial score (nSPS) is 10.5. The maximum absolute atomic E-state index is 8.92. The van der Waals surface area contributed by atoms with Gasteiger partial charge in [0.15, 0.2) is 0 Å². The summed E-state index contributed by atoms with van der Waals surface area (Å²) in [4.78, 5) is 3.98. The largest absolute Gasteiger partial charge is 0.244 e. The average Bonchev–Trinajstić information content (AvgIpc) is 2.46. The molecule has 1 heterocycles. The van der Waals surface area contributed by atoms with Crippen LogP contribution in [-0.2, 0) is 6.42 Å². The van der Waals surface area contributed by atoms with Gasteiger partial charge in [-0.15, -0.1) is 0 Å². The molecule has 0 atom stereocenters. The van der Waals surface area contributed by atoms with E-state index in [4.69, 9.17) is 74.9 Å². The highest BCUT2D eigenvalue weighted by molar-refractivity contribution is 6.56. The Labute approximate surface area is 151 Å². The predicted molar refractivity (Wildman–Crippen MR) is 89.0 cm³/mol. The lowest BCUT2D eigenvalue weighted by Crippen LogP contribution is -1.94. The summed E-state index contributed by atoms with van der Waals surface area (Å²) in [6.45, 7) is 0. The van der Waals surface area contributed by atoms with Crippen molar-refractivity contribution in [1.29, 1.82) is 5.26 Å². The first-order valence-electron chi connectivity index (χ1n) is 5.41. The van der Waals surface area contributed by atoms with E-state index in [0.29, 0.717) is 16.7 Å². The molecule has 0 amide bonds. The van der Waals surface area contributed by atoms with E-state index in [9.17, 15) is 0 Å². The summed E-state index contributed by atoms with van der Waals surface area (Å²) < 4.78 is 0. The summed E-state index contributed by atoms with van der Waals surface area (Å²) in [5.74, 6) is 0. The van der Waals surface area contributed by atoms with Gasteiger partial charge >= 0.3 is 0 Å². The molecule has 0 fully saturated rings. The number of aromatic nitrogens is 1. The number of benzene rings is 1. The Balaban J connectivity index is 2.83. The number of hydrogen-bond acceptors (Lipinski definition) is 2. The molecule has 2 rings (SSSR count). The molecule has 2 aromatic rings. The second-order valence-corrected chi connectivity index (χ2v) is 6.22. The van der Waals surface area contributed by atoms with E-state index in [1.165, 1.54) is 6.20 Å². The van der Waals surface area contributed by atoms with Crippen LogP contribution in [0.1, 0.15) is 5.56 Å². The lowest BCUT2D eigenvalue weighted by atomic mass is 10.00. The Morgan fingerprint density at radius 2 is 1.43 bits per heavy atom. The Kier molecular flexibility index (Phi) is 5.48. The number of halogens is 6. The Morgan fingerprint density at radius 1 is 0.905 bits per heavy atom. The van der Waals surface area contributed by atoms with Gasteiger partial charge in [-0.2, -0.15) is 5.26 Å². The van der Waals surface area contributed by atoms with Crippen LogP contribution >= 0.6 is 69.6 Å². The third-order valence-corrected chi connectivity index (χ3v) is 5.19. The first-order chi connectivity index (χ1) is 9.88. The van der Waals surface area contributed by atoms with Gasteiger partial charge in [-0.25, -0.2) is 4.98 Å². The first-order valence-corrected chi connectivity index (χ1v) is 7.68. The van der Waals surface area contributed by atoms with Crippen molar-refractivity contribution in [1.82, 2.24) is 4.98 Å². The van der Waals surface area contributed by atoms with Gasteiger partial charge in [-0.05, 0) is 11.6 Å². The SMILES string of the molecule is N#CCc1cc(Cl)ncc1-c1c(Cl)c(Cl)c(Cl)c(Cl)c1Cl. The van der Waals surface area contributed by atoms with Crippen molar-refractivity contribution in [3.8, 4) is 17.2 Å². The first kappa shape index (κ1) is 17.0. The third kappa shape index (κ3) is 3.19. The van der Waals surface area contributed by atoms with Crippen LogP contribution in [0, 0.1) is 11.3 Å². The van der Waals surface area contributed by atoms with E-state index in [2.05, 4.69) is 4.98 Å². The summed E-state index contributed by atoms with van der Waals surface area (Å²) in [7, 11) is 0. The quantitative estimate of drug-likeness (QED) is 0.318. The van der Waals surface area contributed by atoms with Crippen LogP contribution in [0.15, 0.2) is 12.3 Å². The van der Waals surface area contributed by atoms with E-state index in [1.54, 1.807) is 6.07 Å². The zero-order chi connectivity index (χ0) is 15.7. The second kappa shape index (κ2) is 6.79. The van der Waals surface area contributed by atoms with Crippen LogP contribution in [0.4, 0.5) is 0 Å². The van der Waals surface area contributed by atoms with Gasteiger partial charge in [0.1, 0.15) is 5.15 Å². The van der Waals surface area contributed by atoms with E-state index >= 15 is 0 Å². The monoisotopic (exact) mass is 398 g/mol. The molecule has 0 spiro atoms. The topological polar surface area (TPSA) is 36.7 Å². The molecule has 0 saturated carbocycles. The van der Waals surface area contributed by atoms with Crippen molar-refractivity contribution in [2.45, 2.75) is 6.42 Å². The van der Waals surface area contributed by atoms with Gasteiger partial charge in [0, 0.05) is 17.3 Å². The molecule has 0 bridgehead atoms. The summed E-state index contributed by atoms with van der Waals surface area (Å²) in [6, 6.07) is 3.59. The van der Waals surface area contributed by atoms with Crippen LogP contribution in [-0.4, -0.2) is 4.98 Å². The Bertz CT molecular complexity index is 737. The van der Waals surface area contributed by atoms with Gasteiger partial charge in [0.25, 0.3) is 0 Å². The molecule has 0 aliphatic carbocycles. The van der Waals surface area contributed by atoms with E-state index in [-0.39, 0.29) is 36.7 Å². The van der Waals surface area contributed by atoms with Crippen LogP contribution in [0.25, 0.3) is 11.1 Å². The zero-order valence-corrected chi connectivity index (χ0v) is 14.6. The fraction of sp³-hybridized carbons (Fsp3) is 0.0769. The molecule has 0 aliphatic heterocycles. The fourth-order valence-electron chi connectivity index (χ4n) is 1.77. The molecule has 108 valence electrons. The summed E-state index contributed by atoms with van der Waals surface area (Å²) >= 11 is 36.3. The molecule has 0 radical (unpaired) electrons. The molecule has 0 aliphatic rings. The Morgan fingerprint density at radius 3 is 1.95 bits per heavy atom. The van der Waals surface area contributed by atoms with Gasteiger partial charge in [0.2, 0.25) is 0 Å². The molecule has 0 unspecified atom stereocenters. The Hall–Kier alpha value is -0.400. The van der Waals surface area contributed by atoms with Gasteiger partial charge < -0.3 is 0 Å². The van der Waals surface area contributed by atoms with Crippen molar-refractivity contribution < 1.29 is 0 Å². The van der Waals surface area contributed by atoms with Crippen LogP contribution < -0.4 is 0 Å².